The van der Waals surface area contributed by atoms with Crippen LogP contribution in [0.3, 0.4) is 0 Å². The van der Waals surface area contributed by atoms with Gasteiger partial charge in [-0.05, 0) is 60.2 Å². The minimum atomic E-state index is 0.162. The lowest BCUT2D eigenvalue weighted by Gasteiger charge is -2.38. The minimum absolute atomic E-state index is 0.162. The number of carbonyl (C=O) groups excluding carboxylic acids is 1. The summed E-state index contributed by atoms with van der Waals surface area (Å²) in [4.78, 5) is 14.9. The van der Waals surface area contributed by atoms with Crippen LogP contribution in [0.25, 0.3) is 0 Å². The first-order valence-corrected chi connectivity index (χ1v) is 7.70. The highest BCUT2D eigenvalue weighted by molar-refractivity contribution is 9.10. The van der Waals surface area contributed by atoms with Crippen molar-refractivity contribution < 1.29 is 4.79 Å². The van der Waals surface area contributed by atoms with E-state index in [-0.39, 0.29) is 11.9 Å². The van der Waals surface area contributed by atoms with E-state index in [4.69, 9.17) is 5.73 Å². The predicted octanol–water partition coefficient (Wildman–Crippen LogP) is 2.85. The van der Waals surface area contributed by atoms with Crippen molar-refractivity contribution in [2.24, 2.45) is 5.73 Å². The standard InChI is InChI=1S/C15H19BrN2O/c1-9-3-2-4-13(14(9)16)15(19)18-11-5-6-12(18)8-10(17)7-11/h2-4,10-12H,5-8,17H2,1H3. The van der Waals surface area contributed by atoms with Crippen LogP contribution in [0, 0.1) is 6.92 Å². The Morgan fingerprint density at radius 3 is 2.58 bits per heavy atom. The molecule has 1 aromatic rings. The molecule has 3 rings (SSSR count). The van der Waals surface area contributed by atoms with Gasteiger partial charge < -0.3 is 10.6 Å². The van der Waals surface area contributed by atoms with Crippen molar-refractivity contribution in [1.29, 1.82) is 0 Å². The molecule has 0 aromatic heterocycles. The lowest BCUT2D eigenvalue weighted by atomic mass is 9.97. The van der Waals surface area contributed by atoms with E-state index in [1.54, 1.807) is 0 Å². The molecule has 2 N–H and O–H groups in total. The third-order valence-corrected chi connectivity index (χ3v) is 5.48. The van der Waals surface area contributed by atoms with Gasteiger partial charge in [-0.2, -0.15) is 0 Å². The van der Waals surface area contributed by atoms with E-state index in [1.165, 1.54) is 0 Å². The molecule has 2 heterocycles. The Morgan fingerprint density at radius 2 is 1.95 bits per heavy atom. The maximum Gasteiger partial charge on any atom is 0.255 e. The van der Waals surface area contributed by atoms with Crippen molar-refractivity contribution >= 4 is 21.8 Å². The Morgan fingerprint density at radius 1 is 1.32 bits per heavy atom. The van der Waals surface area contributed by atoms with Crippen LogP contribution in [0.2, 0.25) is 0 Å². The van der Waals surface area contributed by atoms with Crippen molar-refractivity contribution in [3.05, 3.63) is 33.8 Å². The summed E-state index contributed by atoms with van der Waals surface area (Å²) in [7, 11) is 0. The summed E-state index contributed by atoms with van der Waals surface area (Å²) in [6.07, 6.45) is 4.11. The van der Waals surface area contributed by atoms with Gasteiger partial charge in [0.05, 0.1) is 5.56 Å². The van der Waals surface area contributed by atoms with E-state index in [1.807, 2.05) is 25.1 Å². The zero-order valence-electron chi connectivity index (χ0n) is 11.1. The quantitative estimate of drug-likeness (QED) is 0.864. The molecule has 0 radical (unpaired) electrons. The van der Waals surface area contributed by atoms with E-state index >= 15 is 0 Å². The van der Waals surface area contributed by atoms with Gasteiger partial charge in [0, 0.05) is 22.6 Å². The second kappa shape index (κ2) is 4.91. The molecule has 2 saturated heterocycles. The van der Waals surface area contributed by atoms with E-state index in [2.05, 4.69) is 20.8 Å². The van der Waals surface area contributed by atoms with Gasteiger partial charge in [-0.15, -0.1) is 0 Å². The fourth-order valence-electron chi connectivity index (χ4n) is 3.50. The third kappa shape index (κ3) is 2.21. The van der Waals surface area contributed by atoms with Crippen LogP contribution in [0.5, 0.6) is 0 Å². The molecule has 0 spiro atoms. The van der Waals surface area contributed by atoms with Crippen LogP contribution in [-0.4, -0.2) is 28.9 Å². The van der Waals surface area contributed by atoms with Gasteiger partial charge in [0.2, 0.25) is 0 Å². The first kappa shape index (κ1) is 13.1. The number of hydrogen-bond donors (Lipinski definition) is 1. The van der Waals surface area contributed by atoms with Gasteiger partial charge in [0.1, 0.15) is 0 Å². The predicted molar refractivity (Wildman–Crippen MR) is 79.1 cm³/mol. The Bertz CT molecular complexity index is 503. The molecule has 0 aliphatic carbocycles. The molecule has 0 saturated carbocycles. The molecule has 3 nitrogen and oxygen atoms in total. The maximum absolute atomic E-state index is 12.8. The molecule has 2 atom stereocenters. The summed E-state index contributed by atoms with van der Waals surface area (Å²) in [6, 6.07) is 6.82. The lowest BCUT2D eigenvalue weighted by molar-refractivity contribution is 0.0574. The Kier molecular flexibility index (Phi) is 3.39. The van der Waals surface area contributed by atoms with Gasteiger partial charge in [-0.25, -0.2) is 0 Å². The number of rotatable bonds is 1. The van der Waals surface area contributed by atoms with Gasteiger partial charge in [-0.1, -0.05) is 12.1 Å². The Balaban J connectivity index is 1.91. The molecule has 1 aromatic carbocycles. The fraction of sp³-hybridized carbons (Fsp3) is 0.533. The van der Waals surface area contributed by atoms with Crippen LogP contribution in [-0.2, 0) is 0 Å². The number of aryl methyl sites for hydroxylation is 1. The molecule has 2 bridgehead atoms. The van der Waals surface area contributed by atoms with Gasteiger partial charge in [-0.3, -0.25) is 4.79 Å². The summed E-state index contributed by atoms with van der Waals surface area (Å²) < 4.78 is 0.925. The number of nitrogens with two attached hydrogens (primary N) is 1. The number of benzene rings is 1. The SMILES string of the molecule is Cc1cccc(C(=O)N2C3CCC2CC(N)C3)c1Br. The molecule has 2 aliphatic heterocycles. The average Bonchev–Trinajstić information content (AvgIpc) is 2.64. The molecule has 1 amide bonds. The molecule has 19 heavy (non-hydrogen) atoms. The topological polar surface area (TPSA) is 46.3 Å². The number of piperidine rings is 1. The van der Waals surface area contributed by atoms with E-state index < -0.39 is 0 Å². The monoisotopic (exact) mass is 322 g/mol. The van der Waals surface area contributed by atoms with Crippen molar-refractivity contribution in [2.75, 3.05) is 0 Å². The molecule has 102 valence electrons. The van der Waals surface area contributed by atoms with Crippen LogP contribution in [0.4, 0.5) is 0 Å². The fourth-order valence-corrected chi connectivity index (χ4v) is 3.94. The maximum atomic E-state index is 12.8. The van der Waals surface area contributed by atoms with Crippen molar-refractivity contribution in [3.63, 3.8) is 0 Å². The second-order valence-electron chi connectivity index (χ2n) is 5.77. The summed E-state index contributed by atoms with van der Waals surface area (Å²) in [5.74, 6) is 0.162. The van der Waals surface area contributed by atoms with E-state index in [9.17, 15) is 4.79 Å². The Hall–Kier alpha value is -0.870. The minimum Gasteiger partial charge on any atom is -0.333 e. The number of fused-ring (bicyclic) bond motifs is 2. The Labute approximate surface area is 122 Å². The number of halogens is 1. The third-order valence-electron chi connectivity index (χ3n) is 4.43. The first-order chi connectivity index (χ1) is 9.08. The molecule has 4 heteroatoms. The summed E-state index contributed by atoms with van der Waals surface area (Å²) in [5.41, 5.74) is 7.95. The number of amides is 1. The number of carbonyl (C=O) groups is 1. The molecular formula is C15H19BrN2O. The average molecular weight is 323 g/mol. The highest BCUT2D eigenvalue weighted by Gasteiger charge is 2.42. The highest BCUT2D eigenvalue weighted by atomic mass is 79.9. The van der Waals surface area contributed by atoms with Crippen LogP contribution in [0.1, 0.15) is 41.6 Å². The zero-order valence-corrected chi connectivity index (χ0v) is 12.7. The molecule has 2 aliphatic rings. The van der Waals surface area contributed by atoms with E-state index in [0.29, 0.717) is 12.1 Å². The second-order valence-corrected chi connectivity index (χ2v) is 6.56. The normalized spacial score (nSPS) is 29.6. The van der Waals surface area contributed by atoms with Crippen molar-refractivity contribution in [3.8, 4) is 0 Å². The highest BCUT2D eigenvalue weighted by Crippen LogP contribution is 2.37. The molecular weight excluding hydrogens is 304 g/mol. The first-order valence-electron chi connectivity index (χ1n) is 6.91. The smallest absolute Gasteiger partial charge is 0.255 e. The molecule has 2 fully saturated rings. The van der Waals surface area contributed by atoms with Crippen LogP contribution >= 0.6 is 15.9 Å². The van der Waals surface area contributed by atoms with Gasteiger partial charge >= 0.3 is 0 Å². The van der Waals surface area contributed by atoms with Crippen LogP contribution in [0.15, 0.2) is 22.7 Å². The largest absolute Gasteiger partial charge is 0.333 e. The number of hydrogen-bond acceptors (Lipinski definition) is 2. The van der Waals surface area contributed by atoms with Crippen molar-refractivity contribution in [1.82, 2.24) is 4.90 Å². The molecule has 2 unspecified atom stereocenters. The van der Waals surface area contributed by atoms with Gasteiger partial charge in [0.25, 0.3) is 5.91 Å². The summed E-state index contributed by atoms with van der Waals surface area (Å²) >= 11 is 3.55. The van der Waals surface area contributed by atoms with E-state index in [0.717, 1.165) is 41.3 Å². The lowest BCUT2D eigenvalue weighted by Crippen LogP contribution is -2.50. The summed E-state index contributed by atoms with van der Waals surface area (Å²) in [6.45, 7) is 2.02. The number of nitrogens with zero attached hydrogens (tertiary/aromatic N) is 1. The zero-order chi connectivity index (χ0) is 13.6. The van der Waals surface area contributed by atoms with Gasteiger partial charge in [0.15, 0.2) is 0 Å². The van der Waals surface area contributed by atoms with Crippen molar-refractivity contribution in [2.45, 2.75) is 50.7 Å². The van der Waals surface area contributed by atoms with Crippen LogP contribution < -0.4 is 5.73 Å². The summed E-state index contributed by atoms with van der Waals surface area (Å²) in [5, 5.41) is 0.